The molecular weight excluding hydrogens is 330 g/mol. The SMILES string of the molecule is CN(CCC(=O)O)CC1(c2ccc(Br)cc2)CC1.Cl. The summed E-state index contributed by atoms with van der Waals surface area (Å²) in [5.41, 5.74) is 1.63. The number of hydrogen-bond donors (Lipinski definition) is 1. The Morgan fingerprint density at radius 2 is 1.95 bits per heavy atom. The maximum atomic E-state index is 10.6. The van der Waals surface area contributed by atoms with Crippen molar-refractivity contribution >= 4 is 34.3 Å². The fourth-order valence-electron chi connectivity index (χ4n) is 2.37. The minimum Gasteiger partial charge on any atom is -0.481 e. The average molecular weight is 349 g/mol. The maximum Gasteiger partial charge on any atom is 0.304 e. The van der Waals surface area contributed by atoms with Crippen molar-refractivity contribution in [3.63, 3.8) is 0 Å². The Morgan fingerprint density at radius 1 is 1.37 bits per heavy atom. The van der Waals surface area contributed by atoms with E-state index in [1.54, 1.807) is 0 Å². The molecule has 0 saturated heterocycles. The highest BCUT2D eigenvalue weighted by atomic mass is 79.9. The minimum absolute atomic E-state index is 0. The zero-order valence-corrected chi connectivity index (χ0v) is 13.3. The Bertz CT molecular complexity index is 432. The molecule has 1 aromatic carbocycles. The van der Waals surface area contributed by atoms with E-state index < -0.39 is 5.97 Å². The van der Waals surface area contributed by atoms with E-state index in [2.05, 4.69) is 45.1 Å². The van der Waals surface area contributed by atoms with Gasteiger partial charge in [0, 0.05) is 23.0 Å². The number of benzene rings is 1. The standard InChI is InChI=1S/C14H18BrNO2.ClH/c1-16(9-6-13(17)18)10-14(7-8-14)11-2-4-12(15)5-3-11;/h2-5H,6-10H2,1H3,(H,17,18);1H. The van der Waals surface area contributed by atoms with E-state index in [0.717, 1.165) is 11.0 Å². The van der Waals surface area contributed by atoms with Gasteiger partial charge in [-0.2, -0.15) is 0 Å². The zero-order chi connectivity index (χ0) is 13.2. The fourth-order valence-corrected chi connectivity index (χ4v) is 2.64. The fraction of sp³-hybridized carbons (Fsp3) is 0.500. The number of halogens is 2. The van der Waals surface area contributed by atoms with E-state index in [4.69, 9.17) is 5.11 Å². The number of hydrogen-bond acceptors (Lipinski definition) is 2. The molecule has 0 heterocycles. The van der Waals surface area contributed by atoms with Crippen molar-refractivity contribution in [2.45, 2.75) is 24.7 Å². The molecule has 106 valence electrons. The molecule has 1 aromatic rings. The van der Waals surface area contributed by atoms with Gasteiger partial charge in [0.05, 0.1) is 6.42 Å². The molecule has 0 aliphatic heterocycles. The van der Waals surface area contributed by atoms with Crippen molar-refractivity contribution in [2.24, 2.45) is 0 Å². The first-order valence-electron chi connectivity index (χ1n) is 6.18. The van der Waals surface area contributed by atoms with Crippen molar-refractivity contribution in [3.8, 4) is 0 Å². The van der Waals surface area contributed by atoms with Crippen LogP contribution in [0.5, 0.6) is 0 Å². The van der Waals surface area contributed by atoms with Crippen LogP contribution in [0.4, 0.5) is 0 Å². The molecule has 1 saturated carbocycles. The van der Waals surface area contributed by atoms with Crippen LogP contribution >= 0.6 is 28.3 Å². The van der Waals surface area contributed by atoms with E-state index in [1.807, 2.05) is 7.05 Å². The van der Waals surface area contributed by atoms with E-state index in [9.17, 15) is 4.79 Å². The summed E-state index contributed by atoms with van der Waals surface area (Å²) < 4.78 is 1.10. The van der Waals surface area contributed by atoms with Crippen molar-refractivity contribution in [1.29, 1.82) is 0 Å². The van der Waals surface area contributed by atoms with Crippen LogP contribution in [-0.2, 0) is 10.2 Å². The molecule has 0 amide bonds. The first-order valence-corrected chi connectivity index (χ1v) is 6.97. The van der Waals surface area contributed by atoms with Gasteiger partial charge in [0.25, 0.3) is 0 Å². The van der Waals surface area contributed by atoms with Gasteiger partial charge in [-0.1, -0.05) is 28.1 Å². The molecule has 1 aliphatic rings. The topological polar surface area (TPSA) is 40.5 Å². The Balaban J connectivity index is 0.00000180. The molecule has 1 fully saturated rings. The van der Waals surface area contributed by atoms with E-state index in [1.165, 1.54) is 18.4 Å². The monoisotopic (exact) mass is 347 g/mol. The third kappa shape index (κ3) is 4.48. The summed E-state index contributed by atoms with van der Waals surface area (Å²) in [6.07, 6.45) is 2.62. The highest BCUT2D eigenvalue weighted by molar-refractivity contribution is 9.10. The molecular formula is C14H19BrClNO2. The lowest BCUT2D eigenvalue weighted by molar-refractivity contribution is -0.137. The molecule has 3 nitrogen and oxygen atoms in total. The van der Waals surface area contributed by atoms with Gasteiger partial charge in [0.1, 0.15) is 0 Å². The van der Waals surface area contributed by atoms with Gasteiger partial charge >= 0.3 is 5.97 Å². The molecule has 0 spiro atoms. The molecule has 0 radical (unpaired) electrons. The van der Waals surface area contributed by atoms with Crippen LogP contribution in [0.3, 0.4) is 0 Å². The summed E-state index contributed by atoms with van der Waals surface area (Å²) in [6, 6.07) is 8.49. The van der Waals surface area contributed by atoms with Gasteiger partial charge < -0.3 is 10.0 Å². The first-order chi connectivity index (χ1) is 8.52. The van der Waals surface area contributed by atoms with Crippen LogP contribution in [0.1, 0.15) is 24.8 Å². The third-order valence-electron chi connectivity index (χ3n) is 3.59. The highest BCUT2D eigenvalue weighted by Gasteiger charge is 2.44. The molecule has 19 heavy (non-hydrogen) atoms. The van der Waals surface area contributed by atoms with E-state index in [-0.39, 0.29) is 24.2 Å². The lowest BCUT2D eigenvalue weighted by Crippen LogP contribution is -2.31. The smallest absolute Gasteiger partial charge is 0.304 e. The number of carboxylic acid groups (broad SMARTS) is 1. The number of nitrogens with zero attached hydrogens (tertiary/aromatic N) is 1. The molecule has 0 atom stereocenters. The zero-order valence-electron chi connectivity index (χ0n) is 10.9. The summed E-state index contributed by atoms with van der Waals surface area (Å²) in [5, 5.41) is 8.69. The summed E-state index contributed by atoms with van der Waals surface area (Å²) in [7, 11) is 2.00. The average Bonchev–Trinajstić information content (AvgIpc) is 3.08. The van der Waals surface area contributed by atoms with Gasteiger partial charge in [0.2, 0.25) is 0 Å². The van der Waals surface area contributed by atoms with Gasteiger partial charge in [-0.25, -0.2) is 0 Å². The largest absolute Gasteiger partial charge is 0.481 e. The van der Waals surface area contributed by atoms with Crippen LogP contribution in [-0.4, -0.2) is 36.1 Å². The molecule has 2 rings (SSSR count). The molecule has 0 aromatic heterocycles. The van der Waals surface area contributed by atoms with Crippen LogP contribution in [0.2, 0.25) is 0 Å². The lowest BCUT2D eigenvalue weighted by Gasteiger charge is -2.23. The minimum atomic E-state index is -0.727. The number of likely N-dealkylation sites (N-methyl/N-ethyl adjacent to an activating group) is 1. The molecule has 0 unspecified atom stereocenters. The molecule has 5 heteroatoms. The molecule has 1 aliphatic carbocycles. The predicted molar refractivity (Wildman–Crippen MR) is 82.1 cm³/mol. The second kappa shape index (κ2) is 6.73. The highest BCUT2D eigenvalue weighted by Crippen LogP contribution is 2.48. The summed E-state index contributed by atoms with van der Waals surface area (Å²) in [4.78, 5) is 12.7. The second-order valence-corrected chi connectivity index (χ2v) is 6.08. The van der Waals surface area contributed by atoms with E-state index >= 15 is 0 Å². The normalized spacial score (nSPS) is 15.9. The number of rotatable bonds is 6. The summed E-state index contributed by atoms with van der Waals surface area (Å²) >= 11 is 3.45. The Hall–Kier alpha value is -0.580. The first kappa shape index (κ1) is 16.5. The van der Waals surface area contributed by atoms with Crippen LogP contribution in [0.25, 0.3) is 0 Å². The van der Waals surface area contributed by atoms with Crippen molar-refractivity contribution in [2.75, 3.05) is 20.1 Å². The number of aliphatic carboxylic acids is 1. The second-order valence-electron chi connectivity index (χ2n) is 5.17. The number of carboxylic acids is 1. The summed E-state index contributed by atoms with van der Waals surface area (Å²) in [6.45, 7) is 1.57. The van der Waals surface area contributed by atoms with Gasteiger partial charge in [-0.3, -0.25) is 4.79 Å². The van der Waals surface area contributed by atoms with Gasteiger partial charge in [-0.15, -0.1) is 12.4 Å². The summed E-state index contributed by atoms with van der Waals surface area (Å²) in [5.74, 6) is -0.727. The predicted octanol–water partition coefficient (Wildman–Crippen LogP) is 3.31. The van der Waals surface area contributed by atoms with Crippen molar-refractivity contribution < 1.29 is 9.90 Å². The Morgan fingerprint density at radius 3 is 2.42 bits per heavy atom. The maximum absolute atomic E-state index is 10.6. The number of carbonyl (C=O) groups is 1. The van der Waals surface area contributed by atoms with Crippen molar-refractivity contribution in [1.82, 2.24) is 4.90 Å². The van der Waals surface area contributed by atoms with E-state index in [0.29, 0.717) is 6.54 Å². The van der Waals surface area contributed by atoms with Crippen molar-refractivity contribution in [3.05, 3.63) is 34.3 Å². The van der Waals surface area contributed by atoms with Crippen LogP contribution < -0.4 is 0 Å². The Kier molecular flexibility index (Phi) is 5.83. The van der Waals surface area contributed by atoms with Gasteiger partial charge in [0.15, 0.2) is 0 Å². The van der Waals surface area contributed by atoms with Crippen LogP contribution in [0.15, 0.2) is 28.7 Å². The van der Waals surface area contributed by atoms with Crippen LogP contribution in [0, 0.1) is 0 Å². The molecule has 0 bridgehead atoms. The lowest BCUT2D eigenvalue weighted by atomic mass is 9.95. The third-order valence-corrected chi connectivity index (χ3v) is 4.12. The molecule has 1 N–H and O–H groups in total. The Labute approximate surface area is 128 Å². The van der Waals surface area contributed by atoms with Gasteiger partial charge in [-0.05, 0) is 37.6 Å². The quantitative estimate of drug-likeness (QED) is 0.857.